The molecule has 0 bridgehead atoms. The molecule has 0 aliphatic carbocycles. The molecule has 112 valence electrons. The molecule has 0 amide bonds. The third-order valence-corrected chi connectivity index (χ3v) is 4.03. The molecule has 4 nitrogen and oxygen atoms in total. The van der Waals surface area contributed by atoms with Crippen molar-refractivity contribution in [1.82, 2.24) is 0 Å². The fourth-order valence-electron chi connectivity index (χ4n) is 1.98. The van der Waals surface area contributed by atoms with E-state index in [1.807, 2.05) is 30.3 Å². The van der Waals surface area contributed by atoms with E-state index in [0.717, 1.165) is 16.9 Å². The van der Waals surface area contributed by atoms with E-state index in [0.29, 0.717) is 10.6 Å². The number of ether oxygens (including phenoxy) is 1. The van der Waals surface area contributed by atoms with Crippen molar-refractivity contribution in [2.75, 3.05) is 0 Å². The average molecular weight is 334 g/mol. The third-order valence-electron chi connectivity index (χ3n) is 3.07. The Hall–Kier alpha value is -2.11. The number of benzene rings is 2. The number of halogens is 1. The number of rotatable bonds is 4. The predicted octanol–water partition coefficient (Wildman–Crippen LogP) is 3.83. The molecule has 3 rings (SSSR count). The van der Waals surface area contributed by atoms with Crippen LogP contribution in [0, 0.1) is 0 Å². The number of hydrogen-bond acceptors (Lipinski definition) is 5. The fraction of sp³-hybridized carbons (Fsp3) is 0.0625. The van der Waals surface area contributed by atoms with Crippen LogP contribution in [-0.4, -0.2) is 5.78 Å². The molecule has 0 fully saturated rings. The molecule has 1 aliphatic heterocycles. The molecule has 1 aliphatic rings. The first-order chi connectivity index (χ1) is 10.6. The van der Waals surface area contributed by atoms with E-state index in [9.17, 15) is 4.79 Å². The normalized spacial score (nSPS) is 17.5. The van der Waals surface area contributed by atoms with E-state index >= 15 is 0 Å². The quantitative estimate of drug-likeness (QED) is 0.861. The Balaban J connectivity index is 1.72. The van der Waals surface area contributed by atoms with Crippen molar-refractivity contribution in [3.8, 4) is 0 Å². The highest BCUT2D eigenvalue weighted by Gasteiger charge is 2.37. The number of carbonyl (C=O) groups excluding carboxylic acids is 1. The van der Waals surface area contributed by atoms with Crippen LogP contribution in [-0.2, 0) is 13.7 Å². The average Bonchev–Trinajstić information content (AvgIpc) is 2.82. The molecule has 1 heterocycles. The highest BCUT2D eigenvalue weighted by molar-refractivity contribution is 7.94. The summed E-state index contributed by atoms with van der Waals surface area (Å²) in [5.41, 5.74) is 6.44. The minimum atomic E-state index is -0.788. The van der Waals surface area contributed by atoms with Gasteiger partial charge in [0, 0.05) is 15.5 Å². The molecule has 0 radical (unpaired) electrons. The smallest absolute Gasteiger partial charge is 0.249 e. The molecule has 2 aromatic rings. The number of Topliss-reactive ketones (excluding diaryl/α,β-unsaturated/α-hetero) is 1. The van der Waals surface area contributed by atoms with Gasteiger partial charge in [0.05, 0.1) is 12.0 Å². The monoisotopic (exact) mass is 333 g/mol. The lowest BCUT2D eigenvalue weighted by Crippen LogP contribution is -2.10. The summed E-state index contributed by atoms with van der Waals surface area (Å²) in [6, 6.07) is 16.3. The summed E-state index contributed by atoms with van der Waals surface area (Å²) in [6.45, 7) is 0. The number of nitrogens with two attached hydrogens (primary N) is 1. The van der Waals surface area contributed by atoms with Crippen LogP contribution >= 0.6 is 23.6 Å². The maximum atomic E-state index is 12.4. The molecule has 0 aromatic heterocycles. The topological polar surface area (TPSA) is 61.5 Å². The second kappa shape index (κ2) is 6.34. The lowest BCUT2D eigenvalue weighted by molar-refractivity contribution is -0.122. The zero-order chi connectivity index (χ0) is 15.5. The van der Waals surface area contributed by atoms with Crippen molar-refractivity contribution in [3.63, 3.8) is 0 Å². The largest absolute Gasteiger partial charge is 0.460 e. The first-order valence-electron chi connectivity index (χ1n) is 6.51. The van der Waals surface area contributed by atoms with Crippen LogP contribution in [0.2, 0.25) is 5.02 Å². The van der Waals surface area contributed by atoms with Crippen LogP contribution in [0.1, 0.15) is 11.7 Å². The summed E-state index contributed by atoms with van der Waals surface area (Å²) in [5, 5.41) is 0.589. The van der Waals surface area contributed by atoms with Gasteiger partial charge in [0.15, 0.2) is 6.10 Å². The molecule has 2 aromatic carbocycles. The van der Waals surface area contributed by atoms with Gasteiger partial charge in [-0.15, -0.1) is 0 Å². The van der Waals surface area contributed by atoms with E-state index in [1.165, 1.54) is 0 Å². The minimum absolute atomic E-state index is 0.00613. The SMILES string of the molecule is NC1=C(OSc2ccccc2)C(=O)C(c2ccc(Cl)cc2)O1. The highest BCUT2D eigenvalue weighted by atomic mass is 35.5. The van der Waals surface area contributed by atoms with Crippen LogP contribution in [0.5, 0.6) is 0 Å². The van der Waals surface area contributed by atoms with Gasteiger partial charge in [0.25, 0.3) is 0 Å². The fourth-order valence-corrected chi connectivity index (χ4v) is 2.72. The maximum absolute atomic E-state index is 12.4. The van der Waals surface area contributed by atoms with Crippen molar-refractivity contribution in [1.29, 1.82) is 0 Å². The van der Waals surface area contributed by atoms with Gasteiger partial charge >= 0.3 is 0 Å². The Bertz CT molecular complexity index is 716. The number of hydrogen-bond donors (Lipinski definition) is 1. The van der Waals surface area contributed by atoms with E-state index in [4.69, 9.17) is 26.3 Å². The van der Waals surface area contributed by atoms with Crippen molar-refractivity contribution >= 4 is 29.4 Å². The van der Waals surface area contributed by atoms with Gasteiger partial charge in [-0.1, -0.05) is 41.9 Å². The lowest BCUT2D eigenvalue weighted by atomic mass is 10.1. The third kappa shape index (κ3) is 3.05. The summed E-state index contributed by atoms with van der Waals surface area (Å²) >= 11 is 6.91. The first kappa shape index (κ1) is 14.8. The van der Waals surface area contributed by atoms with Gasteiger partial charge in [-0.3, -0.25) is 4.79 Å². The standard InChI is InChI=1S/C16H12ClNO3S/c17-11-8-6-10(7-9-11)14-13(19)15(16(18)20-14)21-22-12-4-2-1-3-5-12/h1-9,14H,18H2. The molecule has 1 unspecified atom stereocenters. The van der Waals surface area contributed by atoms with Crippen molar-refractivity contribution in [2.24, 2.45) is 5.73 Å². The van der Waals surface area contributed by atoms with E-state index in [1.54, 1.807) is 24.3 Å². The summed E-state index contributed by atoms with van der Waals surface area (Å²) in [5.74, 6) is -0.273. The van der Waals surface area contributed by atoms with Crippen LogP contribution in [0.3, 0.4) is 0 Å². The summed E-state index contributed by atoms with van der Waals surface area (Å²) in [6.07, 6.45) is -0.788. The summed E-state index contributed by atoms with van der Waals surface area (Å²) in [4.78, 5) is 13.3. The molecule has 6 heteroatoms. The van der Waals surface area contributed by atoms with Gasteiger partial charge < -0.3 is 14.7 Å². The molecule has 1 atom stereocenters. The van der Waals surface area contributed by atoms with Crippen LogP contribution in [0.15, 0.2) is 71.1 Å². The van der Waals surface area contributed by atoms with Crippen molar-refractivity contribution in [3.05, 3.63) is 76.8 Å². The van der Waals surface area contributed by atoms with Crippen molar-refractivity contribution < 1.29 is 13.7 Å². The zero-order valence-electron chi connectivity index (χ0n) is 11.4. The molecular formula is C16H12ClNO3S. The van der Waals surface area contributed by atoms with Crippen LogP contribution in [0.25, 0.3) is 0 Å². The van der Waals surface area contributed by atoms with Gasteiger partial charge in [-0.25, -0.2) is 0 Å². The maximum Gasteiger partial charge on any atom is 0.249 e. The Morgan fingerprint density at radius 1 is 1.09 bits per heavy atom. The van der Waals surface area contributed by atoms with Gasteiger partial charge in [-0.05, 0) is 24.3 Å². The van der Waals surface area contributed by atoms with Crippen LogP contribution < -0.4 is 5.73 Å². The van der Waals surface area contributed by atoms with E-state index in [2.05, 4.69) is 0 Å². The number of ketones is 1. The Morgan fingerprint density at radius 2 is 1.77 bits per heavy atom. The molecule has 2 N–H and O–H groups in total. The Kier molecular flexibility index (Phi) is 4.27. The van der Waals surface area contributed by atoms with E-state index in [-0.39, 0.29) is 17.4 Å². The summed E-state index contributed by atoms with van der Waals surface area (Å²) in [7, 11) is 0. The second-order valence-corrected chi connectivity index (χ2v) is 5.83. The molecule has 0 saturated carbocycles. The van der Waals surface area contributed by atoms with Crippen molar-refractivity contribution in [2.45, 2.75) is 11.0 Å². The molecular weight excluding hydrogens is 322 g/mol. The Morgan fingerprint density at radius 3 is 2.45 bits per heavy atom. The van der Waals surface area contributed by atoms with E-state index < -0.39 is 6.10 Å². The molecule has 22 heavy (non-hydrogen) atoms. The van der Waals surface area contributed by atoms with Gasteiger partial charge in [-0.2, -0.15) is 0 Å². The zero-order valence-corrected chi connectivity index (χ0v) is 12.9. The summed E-state index contributed by atoms with van der Waals surface area (Å²) < 4.78 is 10.9. The first-order valence-corrected chi connectivity index (χ1v) is 7.63. The molecule has 0 saturated heterocycles. The second-order valence-electron chi connectivity index (χ2n) is 4.59. The Labute approximate surface area is 137 Å². The number of carbonyl (C=O) groups is 1. The highest BCUT2D eigenvalue weighted by Crippen LogP contribution is 2.35. The lowest BCUT2D eigenvalue weighted by Gasteiger charge is -2.09. The van der Waals surface area contributed by atoms with Gasteiger partial charge in [0.2, 0.25) is 17.4 Å². The van der Waals surface area contributed by atoms with Gasteiger partial charge in [0.1, 0.15) is 0 Å². The minimum Gasteiger partial charge on any atom is -0.460 e. The molecule has 0 spiro atoms. The predicted molar refractivity (Wildman–Crippen MR) is 84.9 cm³/mol. The van der Waals surface area contributed by atoms with Crippen LogP contribution in [0.4, 0.5) is 0 Å².